The molecule has 6 heteroatoms. The van der Waals surface area contributed by atoms with Crippen LogP contribution in [0.1, 0.15) is 36.1 Å². The van der Waals surface area contributed by atoms with Crippen LogP contribution in [0.4, 0.5) is 0 Å². The highest BCUT2D eigenvalue weighted by molar-refractivity contribution is 5.34. The minimum atomic E-state index is -0.750. The average molecular weight is 326 g/mol. The van der Waals surface area contributed by atoms with Crippen LogP contribution in [0.3, 0.4) is 0 Å². The first kappa shape index (κ1) is 16.9. The Bertz CT molecular complexity index is 614. The van der Waals surface area contributed by atoms with Crippen LogP contribution in [0.5, 0.6) is 0 Å². The predicted octanol–water partition coefficient (Wildman–Crippen LogP) is 0.949. The van der Waals surface area contributed by atoms with Gasteiger partial charge in [0.2, 0.25) is 0 Å². The summed E-state index contributed by atoms with van der Waals surface area (Å²) in [4.78, 5) is 4.48. The van der Waals surface area contributed by atoms with E-state index in [1.165, 1.54) is 0 Å². The lowest BCUT2D eigenvalue weighted by molar-refractivity contribution is 0.0540. The maximum absolute atomic E-state index is 9.89. The number of aliphatic hydroxyl groups is 2. The highest BCUT2D eigenvalue weighted by Crippen LogP contribution is 2.32. The van der Waals surface area contributed by atoms with E-state index in [2.05, 4.69) is 9.80 Å². The highest BCUT2D eigenvalue weighted by Gasteiger charge is 2.35. The fourth-order valence-electron chi connectivity index (χ4n) is 3.67. The molecular weight excluding hydrogens is 304 g/mol. The van der Waals surface area contributed by atoms with Crippen molar-refractivity contribution in [2.45, 2.75) is 37.1 Å². The molecule has 0 aromatic heterocycles. The third kappa shape index (κ3) is 3.43. The van der Waals surface area contributed by atoms with Gasteiger partial charge in [0, 0.05) is 26.2 Å². The lowest BCUT2D eigenvalue weighted by Crippen LogP contribution is -2.40. The molecule has 2 atom stereocenters. The van der Waals surface area contributed by atoms with Crippen molar-refractivity contribution in [3.63, 3.8) is 0 Å². The van der Waals surface area contributed by atoms with E-state index in [0.29, 0.717) is 18.7 Å². The second kappa shape index (κ2) is 7.29. The predicted molar refractivity (Wildman–Crippen MR) is 87.5 cm³/mol. The van der Waals surface area contributed by atoms with Crippen molar-refractivity contribution in [3.8, 4) is 12.1 Å². The zero-order valence-corrected chi connectivity index (χ0v) is 13.5. The molecule has 0 radical (unpaired) electrons. The Morgan fingerprint density at radius 1 is 0.875 bits per heavy atom. The molecule has 0 bridgehead atoms. The van der Waals surface area contributed by atoms with Crippen LogP contribution >= 0.6 is 0 Å². The largest absolute Gasteiger partial charge is 0.392 e. The van der Waals surface area contributed by atoms with E-state index >= 15 is 0 Å². The number of rotatable bonds is 4. The maximum Gasteiger partial charge on any atom is 0.158 e. The molecule has 24 heavy (non-hydrogen) atoms. The molecule has 2 fully saturated rings. The van der Waals surface area contributed by atoms with E-state index in [1.54, 1.807) is 0 Å². The average Bonchev–Trinajstić information content (AvgIpc) is 3.19. The summed E-state index contributed by atoms with van der Waals surface area (Å²) >= 11 is 0. The summed E-state index contributed by atoms with van der Waals surface area (Å²) in [6.45, 7) is 2.88. The molecule has 2 aliphatic rings. The zero-order valence-electron chi connectivity index (χ0n) is 13.5. The quantitative estimate of drug-likeness (QED) is 0.855. The van der Waals surface area contributed by atoms with Crippen molar-refractivity contribution in [2.24, 2.45) is 0 Å². The number of benzene rings is 1. The van der Waals surface area contributed by atoms with Gasteiger partial charge in [-0.15, -0.1) is 0 Å². The number of β-amino-alcohol motifs (C(OH)–C–C–N with tert-alkyl or cyclic N) is 2. The topological polar surface area (TPSA) is 94.5 Å². The molecule has 1 aromatic rings. The van der Waals surface area contributed by atoms with Crippen LogP contribution in [-0.4, -0.2) is 58.4 Å². The maximum atomic E-state index is 9.89. The highest BCUT2D eigenvalue weighted by atomic mass is 16.3. The molecule has 2 heterocycles. The monoisotopic (exact) mass is 326 g/mol. The van der Waals surface area contributed by atoms with E-state index in [-0.39, 0.29) is 18.4 Å². The van der Waals surface area contributed by atoms with Crippen LogP contribution in [-0.2, 0) is 0 Å². The fourth-order valence-corrected chi connectivity index (χ4v) is 3.67. The lowest BCUT2D eigenvalue weighted by atomic mass is 9.99. The summed E-state index contributed by atoms with van der Waals surface area (Å²) in [5, 5.41) is 37.8. The van der Waals surface area contributed by atoms with Crippen LogP contribution in [0, 0.1) is 22.7 Å². The molecule has 0 amide bonds. The number of likely N-dealkylation sites (tertiary alicyclic amines) is 2. The number of hydrogen-bond donors (Lipinski definition) is 2. The van der Waals surface area contributed by atoms with E-state index in [0.717, 1.165) is 31.5 Å². The summed E-state index contributed by atoms with van der Waals surface area (Å²) in [5.41, 5.74) is 1.77. The molecule has 126 valence electrons. The summed E-state index contributed by atoms with van der Waals surface area (Å²) in [5.74, 6) is -0.750. The van der Waals surface area contributed by atoms with Crippen molar-refractivity contribution < 1.29 is 10.2 Å². The van der Waals surface area contributed by atoms with Gasteiger partial charge in [-0.1, -0.05) is 24.3 Å². The van der Waals surface area contributed by atoms with E-state index in [9.17, 15) is 10.2 Å². The first-order valence-electron chi connectivity index (χ1n) is 8.35. The number of aliphatic hydroxyl groups excluding tert-OH is 2. The standard InChI is InChI=1S/C18H22N4O2/c19-9-15(10-20)13-1-3-14(4-2-13)18(21-7-5-16(23)11-21)22-8-6-17(24)12-22/h1-4,15-18,23-24H,5-8,11-12H2. The Morgan fingerprint density at radius 2 is 1.33 bits per heavy atom. The third-order valence-corrected chi connectivity index (χ3v) is 4.91. The van der Waals surface area contributed by atoms with Gasteiger partial charge < -0.3 is 10.2 Å². The van der Waals surface area contributed by atoms with Gasteiger partial charge in [0.1, 0.15) is 0 Å². The summed E-state index contributed by atoms with van der Waals surface area (Å²) < 4.78 is 0. The molecule has 2 saturated heterocycles. The van der Waals surface area contributed by atoms with Crippen molar-refractivity contribution in [2.75, 3.05) is 26.2 Å². The van der Waals surface area contributed by atoms with Crippen LogP contribution in [0.15, 0.2) is 24.3 Å². The van der Waals surface area contributed by atoms with E-state index < -0.39 is 5.92 Å². The second-order valence-corrected chi connectivity index (χ2v) is 6.61. The Balaban J connectivity index is 1.85. The molecule has 2 unspecified atom stereocenters. The molecule has 6 nitrogen and oxygen atoms in total. The van der Waals surface area contributed by atoms with Crippen LogP contribution < -0.4 is 0 Å². The van der Waals surface area contributed by atoms with E-state index in [1.807, 2.05) is 36.4 Å². The Kier molecular flexibility index (Phi) is 5.13. The first-order valence-corrected chi connectivity index (χ1v) is 8.35. The summed E-state index contributed by atoms with van der Waals surface area (Å²) in [7, 11) is 0. The lowest BCUT2D eigenvalue weighted by Gasteiger charge is -2.35. The fraction of sp³-hybridized carbons (Fsp3) is 0.556. The second-order valence-electron chi connectivity index (χ2n) is 6.61. The zero-order chi connectivity index (χ0) is 17.1. The number of hydrogen-bond acceptors (Lipinski definition) is 6. The molecule has 1 aromatic carbocycles. The third-order valence-electron chi connectivity index (χ3n) is 4.91. The normalized spacial score (nSPS) is 26.4. The summed E-state index contributed by atoms with van der Waals surface area (Å²) in [6, 6.07) is 11.6. The van der Waals surface area contributed by atoms with Gasteiger partial charge in [0.15, 0.2) is 5.92 Å². The molecule has 0 spiro atoms. The molecular formula is C18H22N4O2. The Labute approximate surface area is 142 Å². The van der Waals surface area contributed by atoms with Crippen LogP contribution in [0.2, 0.25) is 0 Å². The van der Waals surface area contributed by atoms with Gasteiger partial charge in [-0.3, -0.25) is 9.80 Å². The number of nitrogens with zero attached hydrogens (tertiary/aromatic N) is 4. The van der Waals surface area contributed by atoms with Crippen LogP contribution in [0.25, 0.3) is 0 Å². The molecule has 2 N–H and O–H groups in total. The minimum absolute atomic E-state index is 0.0102. The van der Waals surface area contributed by atoms with Gasteiger partial charge in [-0.05, 0) is 24.0 Å². The smallest absolute Gasteiger partial charge is 0.158 e. The van der Waals surface area contributed by atoms with Gasteiger partial charge in [-0.2, -0.15) is 10.5 Å². The van der Waals surface area contributed by atoms with Crippen molar-refractivity contribution >= 4 is 0 Å². The Hall–Kier alpha value is -1.96. The molecule has 0 aliphatic carbocycles. The Morgan fingerprint density at radius 3 is 1.71 bits per heavy atom. The van der Waals surface area contributed by atoms with E-state index in [4.69, 9.17) is 10.5 Å². The van der Waals surface area contributed by atoms with Crippen molar-refractivity contribution in [1.29, 1.82) is 10.5 Å². The molecule has 3 rings (SSSR count). The number of nitriles is 2. The summed E-state index contributed by atoms with van der Waals surface area (Å²) in [6.07, 6.45) is 0.920. The first-order chi connectivity index (χ1) is 11.6. The van der Waals surface area contributed by atoms with Crippen molar-refractivity contribution in [1.82, 2.24) is 9.80 Å². The van der Waals surface area contributed by atoms with Crippen molar-refractivity contribution in [3.05, 3.63) is 35.4 Å². The van der Waals surface area contributed by atoms with Gasteiger partial charge in [-0.25, -0.2) is 0 Å². The van der Waals surface area contributed by atoms with Gasteiger partial charge >= 0.3 is 0 Å². The minimum Gasteiger partial charge on any atom is -0.392 e. The van der Waals surface area contributed by atoms with Gasteiger partial charge in [0.25, 0.3) is 0 Å². The molecule has 2 aliphatic heterocycles. The van der Waals surface area contributed by atoms with Gasteiger partial charge in [0.05, 0.1) is 30.5 Å². The SMILES string of the molecule is N#CC(C#N)c1ccc(C(N2CCC(O)C2)N2CCC(O)C2)cc1. The molecule has 0 saturated carbocycles.